The van der Waals surface area contributed by atoms with Crippen LogP contribution < -0.4 is 4.90 Å². The minimum atomic E-state index is 0.991. The molecule has 1 aliphatic rings. The lowest BCUT2D eigenvalue weighted by Crippen LogP contribution is -3.13. The van der Waals surface area contributed by atoms with Crippen LogP contribution in [-0.2, 0) is 7.05 Å². The van der Waals surface area contributed by atoms with E-state index in [1.165, 1.54) is 4.90 Å². The zero-order valence-electron chi connectivity index (χ0n) is 8.07. The molecular formula is C9H13N4+. The Labute approximate surface area is 77.2 Å². The number of aryl methyl sites for hydroxylation is 1. The third-order valence-electron chi connectivity index (χ3n) is 2.38. The third kappa shape index (κ3) is 1.19. The van der Waals surface area contributed by atoms with Gasteiger partial charge in [0.1, 0.15) is 5.69 Å². The maximum Gasteiger partial charge on any atom is 0.275 e. The second-order valence-corrected chi connectivity index (χ2v) is 3.26. The highest BCUT2D eigenvalue weighted by molar-refractivity contribution is 5.98. The lowest BCUT2D eigenvalue weighted by atomic mass is 10.3. The van der Waals surface area contributed by atoms with Gasteiger partial charge in [0.05, 0.1) is 7.05 Å². The molecule has 1 aliphatic heterocycles. The van der Waals surface area contributed by atoms with Gasteiger partial charge in [0.2, 0.25) is 5.84 Å². The smallest absolute Gasteiger partial charge is 0.275 e. The second kappa shape index (κ2) is 2.81. The first-order valence-corrected chi connectivity index (χ1v) is 4.28. The van der Waals surface area contributed by atoms with E-state index in [9.17, 15) is 0 Å². The van der Waals surface area contributed by atoms with Crippen LogP contribution in [-0.4, -0.2) is 23.3 Å². The molecule has 0 aromatic carbocycles. The van der Waals surface area contributed by atoms with Gasteiger partial charge >= 0.3 is 0 Å². The van der Waals surface area contributed by atoms with Gasteiger partial charge in [0.25, 0.3) is 5.84 Å². The number of nitrogens with zero attached hydrogens (tertiary/aromatic N) is 3. The maximum atomic E-state index is 4.15. The van der Waals surface area contributed by atoms with Crippen LogP contribution in [0.1, 0.15) is 12.6 Å². The molecule has 4 heteroatoms. The molecule has 68 valence electrons. The number of hydrogen-bond acceptors (Lipinski definition) is 2. The molecule has 1 aromatic heterocycles. The number of hydrogen-bond donors (Lipinski definition) is 1. The van der Waals surface area contributed by atoms with E-state index in [0.717, 1.165) is 17.4 Å². The predicted octanol–water partition coefficient (Wildman–Crippen LogP) is -0.367. The summed E-state index contributed by atoms with van der Waals surface area (Å²) in [5, 5.41) is 8.20. The molecule has 13 heavy (non-hydrogen) atoms. The molecule has 0 radical (unpaired) electrons. The van der Waals surface area contributed by atoms with Gasteiger partial charge in [-0.15, -0.1) is 0 Å². The van der Waals surface area contributed by atoms with Crippen LogP contribution in [0.4, 0.5) is 0 Å². The summed E-state index contributed by atoms with van der Waals surface area (Å²) in [6.07, 6.45) is 2.01. The van der Waals surface area contributed by atoms with Crippen molar-refractivity contribution in [3.63, 3.8) is 0 Å². The van der Waals surface area contributed by atoms with Crippen molar-refractivity contribution < 1.29 is 4.90 Å². The molecule has 2 heterocycles. The van der Waals surface area contributed by atoms with Crippen LogP contribution in [0, 0.1) is 0 Å². The second-order valence-electron chi connectivity index (χ2n) is 3.26. The summed E-state index contributed by atoms with van der Waals surface area (Å²) >= 11 is 0. The summed E-state index contributed by atoms with van der Waals surface area (Å²) < 4.78 is 2.05. The van der Waals surface area contributed by atoms with Crippen molar-refractivity contribution in [1.82, 2.24) is 4.57 Å². The summed E-state index contributed by atoms with van der Waals surface area (Å²) in [6, 6.07) is 4.06. The Bertz CT molecular complexity index is 386. The molecule has 0 amide bonds. The number of rotatable bonds is 1. The average Bonchev–Trinajstić information content (AvgIpc) is 2.62. The molecule has 1 atom stereocenters. The quantitative estimate of drug-likeness (QED) is 0.607. The SMILES string of the molecule is CC1=NN=C(c2cccn2C)[NH+]1C. The Morgan fingerprint density at radius 3 is 2.62 bits per heavy atom. The molecule has 0 bridgehead atoms. The van der Waals surface area contributed by atoms with Gasteiger partial charge in [0.15, 0.2) is 0 Å². The molecule has 2 rings (SSSR count). The van der Waals surface area contributed by atoms with Gasteiger partial charge in [-0.05, 0) is 12.1 Å². The molecule has 1 N–H and O–H groups in total. The summed E-state index contributed by atoms with van der Waals surface area (Å²) in [7, 11) is 4.07. The van der Waals surface area contributed by atoms with E-state index in [1.54, 1.807) is 0 Å². The van der Waals surface area contributed by atoms with Gasteiger partial charge in [-0.1, -0.05) is 10.2 Å². The molecule has 1 aromatic rings. The minimum Gasteiger partial charge on any atom is -0.345 e. The molecular weight excluding hydrogens is 164 g/mol. The normalized spacial score (nSPS) is 21.6. The first-order chi connectivity index (χ1) is 6.20. The molecule has 0 aliphatic carbocycles. The minimum absolute atomic E-state index is 0.991. The zero-order valence-corrected chi connectivity index (χ0v) is 8.07. The van der Waals surface area contributed by atoms with E-state index in [1.807, 2.05) is 26.2 Å². The van der Waals surface area contributed by atoms with Crippen molar-refractivity contribution in [2.45, 2.75) is 6.92 Å². The fourth-order valence-electron chi connectivity index (χ4n) is 1.40. The zero-order chi connectivity index (χ0) is 9.42. The Balaban J connectivity index is 2.37. The van der Waals surface area contributed by atoms with Crippen molar-refractivity contribution in [3.05, 3.63) is 24.0 Å². The highest BCUT2D eigenvalue weighted by Crippen LogP contribution is 2.00. The Morgan fingerprint density at radius 2 is 2.15 bits per heavy atom. The predicted molar refractivity (Wildman–Crippen MR) is 51.9 cm³/mol. The van der Waals surface area contributed by atoms with Crippen LogP contribution in [0.15, 0.2) is 28.5 Å². The lowest BCUT2D eigenvalue weighted by molar-refractivity contribution is -0.671. The van der Waals surface area contributed by atoms with Gasteiger partial charge in [-0.25, -0.2) is 4.90 Å². The Hall–Kier alpha value is -1.42. The summed E-state index contributed by atoms with van der Waals surface area (Å²) in [6.45, 7) is 1.98. The highest BCUT2D eigenvalue weighted by Gasteiger charge is 2.25. The monoisotopic (exact) mass is 177 g/mol. The molecule has 0 spiro atoms. The van der Waals surface area contributed by atoms with E-state index in [2.05, 4.69) is 27.9 Å². The van der Waals surface area contributed by atoms with Crippen LogP contribution >= 0.6 is 0 Å². The molecule has 0 saturated carbocycles. The molecule has 1 unspecified atom stereocenters. The number of amidine groups is 2. The van der Waals surface area contributed by atoms with Gasteiger partial charge < -0.3 is 4.57 Å². The van der Waals surface area contributed by atoms with Gasteiger partial charge in [-0.2, -0.15) is 0 Å². The highest BCUT2D eigenvalue weighted by atomic mass is 15.4. The first-order valence-electron chi connectivity index (χ1n) is 4.28. The van der Waals surface area contributed by atoms with Crippen LogP contribution in [0.3, 0.4) is 0 Å². The standard InChI is InChI=1S/C9H12N4/c1-7-10-11-9(13(7)3)8-5-4-6-12(8)2/h4-6H,1-3H3/p+1. The topological polar surface area (TPSA) is 34.1 Å². The van der Waals surface area contributed by atoms with E-state index in [0.29, 0.717) is 0 Å². The van der Waals surface area contributed by atoms with Crippen LogP contribution in [0.25, 0.3) is 0 Å². The summed E-state index contributed by atoms with van der Waals surface area (Å²) in [4.78, 5) is 1.17. The number of nitrogens with one attached hydrogen (secondary N) is 1. The summed E-state index contributed by atoms with van der Waals surface area (Å²) in [5.41, 5.74) is 1.12. The fourth-order valence-corrected chi connectivity index (χ4v) is 1.40. The number of quaternary nitrogens is 1. The lowest BCUT2D eigenvalue weighted by Gasteiger charge is -2.07. The molecule has 0 saturated heterocycles. The van der Waals surface area contributed by atoms with E-state index in [-0.39, 0.29) is 0 Å². The number of aromatic nitrogens is 1. The van der Waals surface area contributed by atoms with Crippen molar-refractivity contribution in [1.29, 1.82) is 0 Å². The molecule has 4 nitrogen and oxygen atoms in total. The van der Waals surface area contributed by atoms with Gasteiger partial charge in [0, 0.05) is 20.2 Å². The third-order valence-corrected chi connectivity index (χ3v) is 2.38. The van der Waals surface area contributed by atoms with Crippen LogP contribution in [0.5, 0.6) is 0 Å². The van der Waals surface area contributed by atoms with Gasteiger partial charge in [-0.3, -0.25) is 0 Å². The average molecular weight is 177 g/mol. The Morgan fingerprint density at radius 1 is 1.38 bits per heavy atom. The maximum absolute atomic E-state index is 4.15. The van der Waals surface area contributed by atoms with Crippen molar-refractivity contribution in [3.8, 4) is 0 Å². The Kier molecular flexibility index (Phi) is 1.77. The van der Waals surface area contributed by atoms with Crippen molar-refractivity contribution in [2.75, 3.05) is 7.05 Å². The van der Waals surface area contributed by atoms with E-state index >= 15 is 0 Å². The molecule has 0 fully saturated rings. The first kappa shape index (κ1) is 8.19. The van der Waals surface area contributed by atoms with Crippen LogP contribution in [0.2, 0.25) is 0 Å². The summed E-state index contributed by atoms with van der Waals surface area (Å²) in [5.74, 6) is 2.00. The fraction of sp³-hybridized carbons (Fsp3) is 0.333. The van der Waals surface area contributed by atoms with E-state index < -0.39 is 0 Å². The largest absolute Gasteiger partial charge is 0.345 e. The van der Waals surface area contributed by atoms with Crippen molar-refractivity contribution >= 4 is 11.7 Å². The van der Waals surface area contributed by atoms with Crippen molar-refractivity contribution in [2.24, 2.45) is 17.3 Å². The van der Waals surface area contributed by atoms with E-state index in [4.69, 9.17) is 0 Å².